The van der Waals surface area contributed by atoms with E-state index in [1.165, 1.54) is 0 Å². The second kappa shape index (κ2) is 10.9. The minimum absolute atomic E-state index is 0.0562. The van der Waals surface area contributed by atoms with Crippen molar-refractivity contribution in [2.45, 2.75) is 43.9 Å². The Hall–Kier alpha value is -4.69. The predicted octanol–water partition coefficient (Wildman–Crippen LogP) is 3.51. The maximum absolute atomic E-state index is 12.0. The van der Waals surface area contributed by atoms with Crippen molar-refractivity contribution in [1.82, 2.24) is 24.5 Å². The lowest BCUT2D eigenvalue weighted by molar-refractivity contribution is -0.123. The molecule has 7 rings (SSSR count). The van der Waals surface area contributed by atoms with E-state index in [-0.39, 0.29) is 6.10 Å². The molecule has 3 aliphatic heterocycles. The number of anilines is 1. The van der Waals surface area contributed by atoms with Crippen molar-refractivity contribution in [3.8, 4) is 34.6 Å². The van der Waals surface area contributed by atoms with E-state index in [4.69, 9.17) is 19.2 Å². The topological polar surface area (TPSA) is 118 Å². The summed E-state index contributed by atoms with van der Waals surface area (Å²) in [5, 5.41) is 14.1. The molecule has 0 aliphatic carbocycles. The molecule has 2 unspecified atom stereocenters. The van der Waals surface area contributed by atoms with E-state index in [0.29, 0.717) is 60.3 Å². The molecule has 42 heavy (non-hydrogen) atoms. The summed E-state index contributed by atoms with van der Waals surface area (Å²) in [6.07, 6.45) is 10.4. The first-order valence-electron chi connectivity index (χ1n) is 14.3. The van der Waals surface area contributed by atoms with E-state index in [0.717, 1.165) is 54.9 Å². The number of nitriles is 1. The highest BCUT2D eigenvalue weighted by Crippen LogP contribution is 2.35. The van der Waals surface area contributed by atoms with Crippen molar-refractivity contribution in [2.24, 2.45) is 0 Å². The number of nitrogens with zero attached hydrogens (tertiary/aromatic N) is 7. The average Bonchev–Trinajstić information content (AvgIpc) is 3.52. The maximum atomic E-state index is 12.0. The van der Waals surface area contributed by atoms with Gasteiger partial charge in [-0.25, -0.2) is 14.5 Å². The second-order valence-corrected chi connectivity index (χ2v) is 11.1. The minimum atomic E-state index is 0.0562. The van der Waals surface area contributed by atoms with Gasteiger partial charge < -0.3 is 19.1 Å². The quantitative estimate of drug-likeness (QED) is 0.298. The number of hydrogen-bond donors (Lipinski definition) is 0. The Kier molecular flexibility index (Phi) is 6.83. The molecule has 7 heterocycles. The first-order chi connectivity index (χ1) is 20.6. The molecule has 3 aliphatic rings. The van der Waals surface area contributed by atoms with Crippen LogP contribution >= 0.6 is 0 Å². The van der Waals surface area contributed by atoms with Gasteiger partial charge in [0.05, 0.1) is 49.9 Å². The van der Waals surface area contributed by atoms with Gasteiger partial charge in [-0.1, -0.05) is 0 Å². The number of aromatic nitrogens is 4. The van der Waals surface area contributed by atoms with Crippen LogP contribution in [0.15, 0.2) is 55.1 Å². The number of carbonyl (C=O) groups excluding carboxylic acids is 1. The predicted molar refractivity (Wildman–Crippen MR) is 154 cm³/mol. The van der Waals surface area contributed by atoms with Crippen LogP contribution in [0.1, 0.15) is 31.2 Å². The van der Waals surface area contributed by atoms with Crippen LogP contribution in [0.25, 0.3) is 16.6 Å². The van der Waals surface area contributed by atoms with E-state index in [2.05, 4.69) is 26.0 Å². The van der Waals surface area contributed by atoms with Crippen LogP contribution in [-0.2, 0) is 4.79 Å². The summed E-state index contributed by atoms with van der Waals surface area (Å²) >= 11 is 0. The molecular weight excluding hydrogens is 534 g/mol. The lowest BCUT2D eigenvalue weighted by Crippen LogP contribution is -2.54. The van der Waals surface area contributed by atoms with Crippen LogP contribution < -0.4 is 19.1 Å². The summed E-state index contributed by atoms with van der Waals surface area (Å²) in [7, 11) is 1.58. The molecule has 2 bridgehead atoms. The van der Waals surface area contributed by atoms with Crippen molar-refractivity contribution >= 4 is 17.1 Å². The molecule has 0 spiro atoms. The van der Waals surface area contributed by atoms with Crippen molar-refractivity contribution in [3.63, 3.8) is 0 Å². The number of pyridine rings is 3. The molecule has 0 saturated carbocycles. The molecule has 0 amide bonds. The van der Waals surface area contributed by atoms with Gasteiger partial charge in [0, 0.05) is 54.9 Å². The van der Waals surface area contributed by atoms with E-state index in [1.807, 2.05) is 36.7 Å². The molecule has 214 valence electrons. The Labute approximate surface area is 243 Å². The monoisotopic (exact) mass is 565 g/mol. The molecule has 0 aromatic carbocycles. The van der Waals surface area contributed by atoms with Gasteiger partial charge in [0.15, 0.2) is 0 Å². The lowest BCUT2D eigenvalue weighted by Gasteiger charge is -2.39. The highest BCUT2D eigenvalue weighted by atomic mass is 16.5. The molecule has 3 saturated heterocycles. The summed E-state index contributed by atoms with van der Waals surface area (Å²) in [5.41, 5.74) is 2.92. The van der Waals surface area contributed by atoms with Gasteiger partial charge in [-0.15, -0.1) is 0 Å². The molecule has 11 heteroatoms. The molecule has 4 aromatic rings. The zero-order valence-electron chi connectivity index (χ0n) is 23.3. The fourth-order valence-electron chi connectivity index (χ4n) is 6.36. The van der Waals surface area contributed by atoms with Gasteiger partial charge in [-0.2, -0.15) is 10.4 Å². The average molecular weight is 566 g/mol. The van der Waals surface area contributed by atoms with E-state index < -0.39 is 0 Å². The van der Waals surface area contributed by atoms with Crippen molar-refractivity contribution in [1.29, 1.82) is 5.26 Å². The van der Waals surface area contributed by atoms with Gasteiger partial charge in [0.1, 0.15) is 41.9 Å². The Morgan fingerprint density at radius 3 is 2.55 bits per heavy atom. The van der Waals surface area contributed by atoms with Gasteiger partial charge in [0.2, 0.25) is 5.88 Å². The molecule has 4 aromatic heterocycles. The van der Waals surface area contributed by atoms with Crippen molar-refractivity contribution < 1.29 is 19.0 Å². The summed E-state index contributed by atoms with van der Waals surface area (Å²) < 4.78 is 19.0. The molecule has 3 fully saturated rings. The zero-order chi connectivity index (χ0) is 28.6. The molecule has 2 atom stereocenters. The summed E-state index contributed by atoms with van der Waals surface area (Å²) in [6.45, 7) is 2.74. The summed E-state index contributed by atoms with van der Waals surface area (Å²) in [6, 6.07) is 12.5. The lowest BCUT2D eigenvalue weighted by atomic mass is 10.0. The smallest absolute Gasteiger partial charge is 0.213 e. The van der Waals surface area contributed by atoms with Crippen LogP contribution in [0.5, 0.6) is 17.4 Å². The van der Waals surface area contributed by atoms with Crippen LogP contribution in [0.3, 0.4) is 0 Å². The second-order valence-electron chi connectivity index (χ2n) is 11.1. The number of Topliss-reactive ketones (excluding diaryl/α,β-unsaturated/α-hetero) is 1. The number of carbonyl (C=O) groups is 1. The van der Waals surface area contributed by atoms with Crippen LogP contribution in [0.4, 0.5) is 5.82 Å². The fourth-order valence-corrected chi connectivity index (χ4v) is 6.36. The SMILES string of the molecule is COc1ccc(OC2CN(c3ccc(-c4cc(OCCN5C6CCC5CC(=O)C6)cn5ncc(C#N)c45)cn3)C2)cn1. The van der Waals surface area contributed by atoms with Gasteiger partial charge in [-0.05, 0) is 37.1 Å². The van der Waals surface area contributed by atoms with Crippen molar-refractivity contribution in [2.75, 3.05) is 38.3 Å². The highest BCUT2D eigenvalue weighted by molar-refractivity contribution is 5.85. The van der Waals surface area contributed by atoms with Crippen LogP contribution in [-0.4, -0.2) is 81.8 Å². The summed E-state index contributed by atoms with van der Waals surface area (Å²) in [4.78, 5) is 25.5. The largest absolute Gasteiger partial charge is 0.491 e. The molecule has 0 N–H and O–H groups in total. The number of fused-ring (bicyclic) bond motifs is 3. The normalized spacial score (nSPS) is 20.4. The number of ether oxygens (including phenoxy) is 3. The molecule has 0 radical (unpaired) electrons. The first kappa shape index (κ1) is 26.2. The van der Waals surface area contributed by atoms with Gasteiger partial charge in [0.25, 0.3) is 0 Å². The maximum Gasteiger partial charge on any atom is 0.213 e. The first-order valence-corrected chi connectivity index (χ1v) is 14.3. The standard InChI is InChI=1S/C31H31N7O4/c1-40-30-7-5-25(16-34-30)42-27-17-36(18-27)29-6-2-20(14-33-29)28-12-26(19-38-31(28)21(13-32)15-35-38)41-9-8-37-22-3-4-23(37)11-24(39)10-22/h2,5-7,12,14-16,19,22-23,27H,3-4,8-11,17-18H2,1H3. The third kappa shape index (κ3) is 4.99. The Bertz CT molecular complexity index is 1630. The third-order valence-electron chi connectivity index (χ3n) is 8.48. The van der Waals surface area contributed by atoms with E-state index >= 15 is 0 Å². The third-order valence-corrected chi connectivity index (χ3v) is 8.48. The number of hydrogen-bond acceptors (Lipinski definition) is 10. The Morgan fingerprint density at radius 2 is 1.86 bits per heavy atom. The van der Waals surface area contributed by atoms with Crippen LogP contribution in [0.2, 0.25) is 0 Å². The Morgan fingerprint density at radius 1 is 1.02 bits per heavy atom. The molecular formula is C31H31N7O4. The zero-order valence-corrected chi connectivity index (χ0v) is 23.3. The fraction of sp³-hybridized carbons (Fsp3) is 0.387. The Balaban J connectivity index is 1.03. The number of rotatable bonds is 9. The number of piperidine rings is 1. The van der Waals surface area contributed by atoms with E-state index in [9.17, 15) is 10.1 Å². The van der Waals surface area contributed by atoms with Gasteiger partial charge >= 0.3 is 0 Å². The van der Waals surface area contributed by atoms with Crippen LogP contribution in [0, 0.1) is 11.3 Å². The molecule has 11 nitrogen and oxygen atoms in total. The van der Waals surface area contributed by atoms with E-state index in [1.54, 1.807) is 30.1 Å². The summed E-state index contributed by atoms with van der Waals surface area (Å²) in [5.74, 6) is 3.18. The number of methoxy groups -OCH3 is 1. The van der Waals surface area contributed by atoms with Gasteiger partial charge in [-0.3, -0.25) is 9.69 Å². The minimum Gasteiger partial charge on any atom is -0.491 e. The van der Waals surface area contributed by atoms with Crippen molar-refractivity contribution in [3.05, 3.63) is 60.7 Å². The number of ketones is 1. The highest BCUT2D eigenvalue weighted by Gasteiger charge is 2.39.